The summed E-state index contributed by atoms with van der Waals surface area (Å²) in [7, 11) is 1.51. The van der Waals surface area contributed by atoms with Crippen LogP contribution in [-0.4, -0.2) is 35.5 Å². The molecule has 0 aliphatic carbocycles. The van der Waals surface area contributed by atoms with Crippen LogP contribution in [0.4, 0.5) is 0 Å². The van der Waals surface area contributed by atoms with E-state index in [4.69, 9.17) is 5.11 Å². The lowest BCUT2D eigenvalue weighted by molar-refractivity contribution is -0.143. The molecule has 0 aromatic heterocycles. The quantitative estimate of drug-likeness (QED) is 0.517. The van der Waals surface area contributed by atoms with Crippen LogP contribution in [0.1, 0.15) is 32.6 Å². The number of hydrogen-bond donors (Lipinski definition) is 1. The zero-order valence-corrected chi connectivity index (χ0v) is 9.40. The van der Waals surface area contributed by atoms with Crippen molar-refractivity contribution in [2.24, 2.45) is 0 Å². The third-order valence-electron chi connectivity index (χ3n) is 1.96. The maximum absolute atomic E-state index is 11.3. The molecule has 0 saturated carbocycles. The fourth-order valence-corrected chi connectivity index (χ4v) is 1.14. The third kappa shape index (κ3) is 7.73. The maximum Gasteiger partial charge on any atom is 0.323 e. The Morgan fingerprint density at radius 3 is 2.53 bits per heavy atom. The average molecular weight is 213 g/mol. The number of unbranched alkanes of at least 4 members (excludes halogenated alkanes) is 1. The second kappa shape index (κ2) is 8.03. The summed E-state index contributed by atoms with van der Waals surface area (Å²) in [5, 5.41) is 8.47. The molecule has 0 radical (unpaired) electrons. The van der Waals surface area contributed by atoms with Crippen LogP contribution in [0.25, 0.3) is 0 Å². The first kappa shape index (κ1) is 13.7. The van der Waals surface area contributed by atoms with E-state index in [1.165, 1.54) is 11.9 Å². The fraction of sp³-hybridized carbons (Fsp3) is 0.636. The van der Waals surface area contributed by atoms with E-state index < -0.39 is 5.97 Å². The van der Waals surface area contributed by atoms with Gasteiger partial charge in [0.2, 0.25) is 5.91 Å². The maximum atomic E-state index is 11.3. The van der Waals surface area contributed by atoms with Crippen LogP contribution in [-0.2, 0) is 9.59 Å². The average Bonchev–Trinajstić information content (AvgIpc) is 2.16. The molecule has 0 heterocycles. The monoisotopic (exact) mass is 213 g/mol. The van der Waals surface area contributed by atoms with E-state index in [1.807, 2.05) is 6.08 Å². The third-order valence-corrected chi connectivity index (χ3v) is 1.96. The van der Waals surface area contributed by atoms with Gasteiger partial charge < -0.3 is 10.0 Å². The van der Waals surface area contributed by atoms with Gasteiger partial charge in [0, 0.05) is 13.5 Å². The summed E-state index contributed by atoms with van der Waals surface area (Å²) >= 11 is 0. The van der Waals surface area contributed by atoms with Gasteiger partial charge >= 0.3 is 5.97 Å². The Labute approximate surface area is 90.6 Å². The highest BCUT2D eigenvalue weighted by molar-refractivity contribution is 5.80. The number of nitrogens with zero attached hydrogens (tertiary/aromatic N) is 1. The van der Waals surface area contributed by atoms with E-state index in [-0.39, 0.29) is 12.5 Å². The Morgan fingerprint density at radius 1 is 1.33 bits per heavy atom. The molecule has 0 rings (SSSR count). The van der Waals surface area contributed by atoms with Gasteiger partial charge in [-0.2, -0.15) is 0 Å². The predicted molar refractivity (Wildman–Crippen MR) is 58.6 cm³/mol. The highest BCUT2D eigenvalue weighted by atomic mass is 16.4. The van der Waals surface area contributed by atoms with E-state index in [9.17, 15) is 9.59 Å². The topological polar surface area (TPSA) is 57.6 Å². The largest absolute Gasteiger partial charge is 0.480 e. The van der Waals surface area contributed by atoms with Crippen LogP contribution in [0, 0.1) is 0 Å². The van der Waals surface area contributed by atoms with E-state index >= 15 is 0 Å². The van der Waals surface area contributed by atoms with Crippen LogP contribution in [0.5, 0.6) is 0 Å². The lowest BCUT2D eigenvalue weighted by Gasteiger charge is -2.13. The van der Waals surface area contributed by atoms with Gasteiger partial charge in [0.1, 0.15) is 6.54 Å². The molecule has 0 aliphatic heterocycles. The second-order valence-corrected chi connectivity index (χ2v) is 3.42. The standard InChI is InChI=1S/C11H19NO3/c1-3-4-5-6-7-8-10(13)12(2)9-11(14)15/h4-5H,3,6-9H2,1-2H3,(H,14,15)/b5-4+. The zero-order chi connectivity index (χ0) is 11.7. The molecule has 15 heavy (non-hydrogen) atoms. The molecule has 0 saturated heterocycles. The van der Waals surface area contributed by atoms with Gasteiger partial charge in [-0.05, 0) is 19.3 Å². The Morgan fingerprint density at radius 2 is 2.00 bits per heavy atom. The Kier molecular flexibility index (Phi) is 7.32. The number of aliphatic carboxylic acids is 1. The number of hydrogen-bond acceptors (Lipinski definition) is 2. The molecule has 0 aromatic rings. The molecular formula is C11H19NO3. The summed E-state index contributed by atoms with van der Waals surface area (Å²) in [6.07, 6.45) is 7.18. The summed E-state index contributed by atoms with van der Waals surface area (Å²) in [6, 6.07) is 0. The van der Waals surface area contributed by atoms with Crippen molar-refractivity contribution in [2.45, 2.75) is 32.6 Å². The molecule has 0 aliphatic rings. The van der Waals surface area contributed by atoms with Gasteiger partial charge in [-0.25, -0.2) is 0 Å². The van der Waals surface area contributed by atoms with Crippen molar-refractivity contribution in [2.75, 3.05) is 13.6 Å². The summed E-state index contributed by atoms with van der Waals surface area (Å²) in [6.45, 7) is 1.84. The number of amides is 1. The van der Waals surface area contributed by atoms with Gasteiger partial charge in [0.15, 0.2) is 0 Å². The lowest BCUT2D eigenvalue weighted by Crippen LogP contribution is -2.31. The normalized spacial score (nSPS) is 10.5. The molecule has 1 amide bonds. The van der Waals surface area contributed by atoms with E-state index in [1.54, 1.807) is 0 Å². The Bertz CT molecular complexity index is 236. The summed E-state index contributed by atoms with van der Waals surface area (Å²) in [5.41, 5.74) is 0. The van der Waals surface area contributed by atoms with Crippen molar-refractivity contribution in [3.63, 3.8) is 0 Å². The van der Waals surface area contributed by atoms with E-state index in [2.05, 4.69) is 13.0 Å². The highest BCUT2D eigenvalue weighted by Gasteiger charge is 2.10. The fourth-order valence-electron chi connectivity index (χ4n) is 1.14. The molecule has 4 heteroatoms. The zero-order valence-electron chi connectivity index (χ0n) is 9.40. The predicted octanol–water partition coefficient (Wildman–Crippen LogP) is 1.67. The molecule has 0 atom stereocenters. The minimum Gasteiger partial charge on any atom is -0.480 e. The van der Waals surface area contributed by atoms with Crippen LogP contribution >= 0.6 is 0 Å². The van der Waals surface area contributed by atoms with Gasteiger partial charge in [-0.15, -0.1) is 0 Å². The van der Waals surface area contributed by atoms with Crippen LogP contribution < -0.4 is 0 Å². The number of allylic oxidation sites excluding steroid dienone is 2. The van der Waals surface area contributed by atoms with Crippen LogP contribution in [0.3, 0.4) is 0 Å². The smallest absolute Gasteiger partial charge is 0.323 e. The molecule has 4 nitrogen and oxygen atoms in total. The second-order valence-electron chi connectivity index (χ2n) is 3.42. The first-order valence-corrected chi connectivity index (χ1v) is 5.18. The number of carboxylic acid groups (broad SMARTS) is 1. The van der Waals surface area contributed by atoms with Crippen LogP contribution in [0.15, 0.2) is 12.2 Å². The summed E-state index contributed by atoms with van der Waals surface area (Å²) in [4.78, 5) is 22.9. The number of rotatable bonds is 7. The minimum absolute atomic E-state index is 0.109. The van der Waals surface area contributed by atoms with E-state index in [0.717, 1.165) is 19.3 Å². The minimum atomic E-state index is -0.975. The molecule has 0 bridgehead atoms. The van der Waals surface area contributed by atoms with Crippen molar-refractivity contribution in [3.05, 3.63) is 12.2 Å². The van der Waals surface area contributed by atoms with Gasteiger partial charge in [0.05, 0.1) is 0 Å². The SMILES string of the molecule is CC/C=C/CCCC(=O)N(C)CC(=O)O. The van der Waals surface area contributed by atoms with Gasteiger partial charge in [-0.1, -0.05) is 19.1 Å². The van der Waals surface area contributed by atoms with Crippen molar-refractivity contribution < 1.29 is 14.7 Å². The first-order valence-electron chi connectivity index (χ1n) is 5.18. The molecule has 86 valence electrons. The first-order chi connectivity index (χ1) is 7.07. The van der Waals surface area contributed by atoms with Crippen molar-refractivity contribution in [1.29, 1.82) is 0 Å². The molecular weight excluding hydrogens is 194 g/mol. The highest BCUT2D eigenvalue weighted by Crippen LogP contribution is 2.00. The molecule has 0 spiro atoms. The molecule has 0 unspecified atom stereocenters. The molecule has 0 aromatic carbocycles. The van der Waals surface area contributed by atoms with Gasteiger partial charge in [-0.3, -0.25) is 9.59 Å². The molecule has 0 fully saturated rings. The Hall–Kier alpha value is -1.32. The van der Waals surface area contributed by atoms with Crippen molar-refractivity contribution in [1.82, 2.24) is 4.90 Å². The number of carboxylic acids is 1. The number of carbonyl (C=O) groups is 2. The van der Waals surface area contributed by atoms with Gasteiger partial charge in [0.25, 0.3) is 0 Å². The van der Waals surface area contributed by atoms with Crippen molar-refractivity contribution >= 4 is 11.9 Å². The van der Waals surface area contributed by atoms with Crippen molar-refractivity contribution in [3.8, 4) is 0 Å². The van der Waals surface area contributed by atoms with E-state index in [0.29, 0.717) is 6.42 Å². The molecule has 1 N–H and O–H groups in total. The summed E-state index contributed by atoms with van der Waals surface area (Å²) in [5.74, 6) is -1.08. The van der Waals surface area contributed by atoms with Crippen LogP contribution in [0.2, 0.25) is 0 Å². The number of carbonyl (C=O) groups excluding carboxylic acids is 1. The lowest BCUT2D eigenvalue weighted by atomic mass is 10.2. The summed E-state index contributed by atoms with van der Waals surface area (Å²) < 4.78 is 0. The number of likely N-dealkylation sites (N-methyl/N-ethyl adjacent to an activating group) is 1. The Balaban J connectivity index is 3.64.